The molecule has 0 saturated carbocycles. The number of para-hydroxylation sites is 1. The summed E-state index contributed by atoms with van der Waals surface area (Å²) in [5.41, 5.74) is 0.948. The van der Waals surface area contributed by atoms with Gasteiger partial charge in [-0.25, -0.2) is 0 Å². The predicted octanol–water partition coefficient (Wildman–Crippen LogP) is 2.24. The van der Waals surface area contributed by atoms with Crippen molar-refractivity contribution < 1.29 is 0 Å². The molecular formula is C12H13N7S2. The highest BCUT2D eigenvalue weighted by Gasteiger charge is 2.10. The van der Waals surface area contributed by atoms with Gasteiger partial charge < -0.3 is 5.32 Å². The van der Waals surface area contributed by atoms with Crippen molar-refractivity contribution in [2.45, 2.75) is 17.0 Å². The summed E-state index contributed by atoms with van der Waals surface area (Å²) in [4.78, 5) is 0. The van der Waals surface area contributed by atoms with Gasteiger partial charge >= 0.3 is 0 Å². The molecule has 0 atom stereocenters. The van der Waals surface area contributed by atoms with Gasteiger partial charge in [-0.05, 0) is 29.5 Å². The molecule has 9 heteroatoms. The zero-order chi connectivity index (χ0) is 14.5. The molecule has 2 heterocycles. The lowest BCUT2D eigenvalue weighted by atomic mass is 10.3. The second-order valence-electron chi connectivity index (χ2n) is 4.03. The van der Waals surface area contributed by atoms with E-state index in [1.807, 2.05) is 37.3 Å². The average molecular weight is 319 g/mol. The van der Waals surface area contributed by atoms with E-state index in [0.29, 0.717) is 5.75 Å². The smallest absolute Gasteiger partial charge is 0.206 e. The largest absolute Gasteiger partial charge is 0.360 e. The van der Waals surface area contributed by atoms with Crippen LogP contribution in [0.2, 0.25) is 0 Å². The molecule has 21 heavy (non-hydrogen) atoms. The zero-order valence-electron chi connectivity index (χ0n) is 11.3. The maximum absolute atomic E-state index is 4.13. The fourth-order valence-corrected chi connectivity index (χ4v) is 3.41. The number of aromatic nitrogens is 6. The minimum absolute atomic E-state index is 0.642. The molecule has 0 bridgehead atoms. The van der Waals surface area contributed by atoms with Crippen LogP contribution in [0.25, 0.3) is 5.69 Å². The standard InChI is InChI=1S/C12H13N7S2/c1-2-13-11-15-16-12(21-11)20-8-10-14-17-18-19(10)9-6-4-3-5-7-9/h3-7H,2,8H2,1H3,(H,13,15). The van der Waals surface area contributed by atoms with Crippen LogP contribution in [0.5, 0.6) is 0 Å². The molecule has 0 amide bonds. The molecule has 0 aliphatic rings. The normalized spacial score (nSPS) is 10.7. The maximum atomic E-state index is 4.13. The number of tetrazole rings is 1. The van der Waals surface area contributed by atoms with Gasteiger partial charge in [0.25, 0.3) is 0 Å². The van der Waals surface area contributed by atoms with Gasteiger partial charge in [0.1, 0.15) is 0 Å². The molecular weight excluding hydrogens is 306 g/mol. The first-order valence-corrected chi connectivity index (χ1v) is 8.20. The molecule has 0 spiro atoms. The first kappa shape index (κ1) is 14.0. The van der Waals surface area contributed by atoms with Gasteiger partial charge in [0.05, 0.1) is 11.4 Å². The molecule has 0 radical (unpaired) electrons. The Hall–Kier alpha value is -2.00. The highest BCUT2D eigenvalue weighted by atomic mass is 32.2. The lowest BCUT2D eigenvalue weighted by molar-refractivity contribution is 0.777. The summed E-state index contributed by atoms with van der Waals surface area (Å²) < 4.78 is 2.63. The molecule has 3 aromatic rings. The van der Waals surface area contributed by atoms with Crippen LogP contribution in [0.4, 0.5) is 5.13 Å². The topological polar surface area (TPSA) is 81.4 Å². The van der Waals surface area contributed by atoms with Gasteiger partial charge in [-0.3, -0.25) is 0 Å². The Bertz CT molecular complexity index is 694. The zero-order valence-corrected chi connectivity index (χ0v) is 12.9. The number of rotatable bonds is 6. The van der Waals surface area contributed by atoms with Crippen molar-refractivity contribution in [1.29, 1.82) is 0 Å². The van der Waals surface area contributed by atoms with Crippen LogP contribution in [-0.2, 0) is 5.75 Å². The fourth-order valence-electron chi connectivity index (χ4n) is 1.68. The predicted molar refractivity (Wildman–Crippen MR) is 82.8 cm³/mol. The quantitative estimate of drug-likeness (QED) is 0.698. The number of hydrogen-bond donors (Lipinski definition) is 1. The minimum Gasteiger partial charge on any atom is -0.360 e. The summed E-state index contributed by atoms with van der Waals surface area (Å²) in [5.74, 6) is 1.43. The van der Waals surface area contributed by atoms with Crippen LogP contribution >= 0.6 is 23.1 Å². The number of nitrogens with zero attached hydrogens (tertiary/aromatic N) is 6. The van der Waals surface area contributed by atoms with E-state index in [9.17, 15) is 0 Å². The van der Waals surface area contributed by atoms with E-state index < -0.39 is 0 Å². The SMILES string of the molecule is CCNc1nnc(SCc2nnnn2-c2ccccc2)s1. The van der Waals surface area contributed by atoms with Gasteiger partial charge in [0.15, 0.2) is 10.2 Å². The van der Waals surface area contributed by atoms with Crippen LogP contribution in [0.1, 0.15) is 12.7 Å². The highest BCUT2D eigenvalue weighted by Crippen LogP contribution is 2.27. The van der Waals surface area contributed by atoms with E-state index in [2.05, 4.69) is 31.0 Å². The molecule has 0 aliphatic carbocycles. The number of hydrogen-bond acceptors (Lipinski definition) is 8. The summed E-state index contributed by atoms with van der Waals surface area (Å²) in [6, 6.07) is 9.83. The van der Waals surface area contributed by atoms with E-state index in [0.717, 1.165) is 27.5 Å². The third-order valence-corrected chi connectivity index (χ3v) is 4.60. The summed E-state index contributed by atoms with van der Waals surface area (Å²) in [6.45, 7) is 2.87. The Kier molecular flexibility index (Phi) is 4.41. The molecule has 108 valence electrons. The summed E-state index contributed by atoms with van der Waals surface area (Å²) >= 11 is 3.11. The Labute approximate surface area is 129 Å². The second kappa shape index (κ2) is 6.64. The summed E-state index contributed by atoms with van der Waals surface area (Å²) in [6.07, 6.45) is 0. The van der Waals surface area contributed by atoms with Gasteiger partial charge in [0, 0.05) is 6.54 Å². The molecule has 7 nitrogen and oxygen atoms in total. The van der Waals surface area contributed by atoms with Crippen LogP contribution < -0.4 is 5.32 Å². The molecule has 0 unspecified atom stereocenters. The van der Waals surface area contributed by atoms with Gasteiger partial charge in [0.2, 0.25) is 5.13 Å². The van der Waals surface area contributed by atoms with Crippen LogP contribution in [0.3, 0.4) is 0 Å². The maximum Gasteiger partial charge on any atom is 0.206 e. The van der Waals surface area contributed by atoms with E-state index >= 15 is 0 Å². The van der Waals surface area contributed by atoms with Crippen molar-refractivity contribution in [3.8, 4) is 5.69 Å². The van der Waals surface area contributed by atoms with E-state index in [4.69, 9.17) is 0 Å². The molecule has 0 saturated heterocycles. The van der Waals surface area contributed by atoms with Crippen molar-refractivity contribution in [2.24, 2.45) is 0 Å². The van der Waals surface area contributed by atoms with Crippen LogP contribution in [-0.4, -0.2) is 36.9 Å². The van der Waals surface area contributed by atoms with Crippen molar-refractivity contribution in [1.82, 2.24) is 30.4 Å². The first-order chi connectivity index (χ1) is 10.4. The monoisotopic (exact) mass is 319 g/mol. The minimum atomic E-state index is 0.642. The number of anilines is 1. The summed E-state index contributed by atoms with van der Waals surface area (Å²) in [5, 5.41) is 24.0. The van der Waals surface area contributed by atoms with Crippen molar-refractivity contribution in [3.05, 3.63) is 36.2 Å². The highest BCUT2D eigenvalue weighted by molar-refractivity contribution is 8.00. The average Bonchev–Trinajstić information content (AvgIpc) is 3.15. The molecule has 1 aromatic carbocycles. The first-order valence-electron chi connectivity index (χ1n) is 6.39. The van der Waals surface area contributed by atoms with Crippen molar-refractivity contribution in [2.75, 3.05) is 11.9 Å². The van der Waals surface area contributed by atoms with Crippen LogP contribution in [0.15, 0.2) is 34.7 Å². The fraction of sp³-hybridized carbons (Fsp3) is 0.250. The van der Waals surface area contributed by atoms with Crippen molar-refractivity contribution >= 4 is 28.2 Å². The summed E-state index contributed by atoms with van der Waals surface area (Å²) in [7, 11) is 0. The molecule has 0 fully saturated rings. The lowest BCUT2D eigenvalue weighted by Crippen LogP contribution is -2.01. The Morgan fingerprint density at radius 1 is 1.19 bits per heavy atom. The molecule has 2 aromatic heterocycles. The third-order valence-electron chi connectivity index (χ3n) is 2.59. The number of benzene rings is 1. The van der Waals surface area contributed by atoms with E-state index in [-0.39, 0.29) is 0 Å². The van der Waals surface area contributed by atoms with E-state index in [1.165, 1.54) is 11.3 Å². The molecule has 0 aliphatic heterocycles. The molecule has 3 rings (SSSR count). The van der Waals surface area contributed by atoms with Crippen LogP contribution in [0, 0.1) is 0 Å². The second-order valence-corrected chi connectivity index (χ2v) is 6.23. The van der Waals surface area contributed by atoms with Gasteiger partial charge in [-0.1, -0.05) is 41.3 Å². The third kappa shape index (κ3) is 3.37. The van der Waals surface area contributed by atoms with Gasteiger partial charge in [-0.2, -0.15) is 4.68 Å². The number of nitrogens with one attached hydrogen (secondary N) is 1. The lowest BCUT2D eigenvalue weighted by Gasteiger charge is -2.02. The van der Waals surface area contributed by atoms with Gasteiger partial charge in [-0.15, -0.1) is 15.3 Å². The number of thioether (sulfide) groups is 1. The molecule has 1 N–H and O–H groups in total. The Morgan fingerprint density at radius 3 is 2.86 bits per heavy atom. The van der Waals surface area contributed by atoms with Crippen molar-refractivity contribution in [3.63, 3.8) is 0 Å². The Morgan fingerprint density at radius 2 is 2.05 bits per heavy atom. The Balaban J connectivity index is 1.70. The van der Waals surface area contributed by atoms with E-state index in [1.54, 1.807) is 16.4 Å².